The van der Waals surface area contributed by atoms with Gasteiger partial charge >= 0.3 is 0 Å². The first kappa shape index (κ1) is 16.6. The predicted octanol–water partition coefficient (Wildman–Crippen LogP) is 3.54. The Bertz CT molecular complexity index is 465. The van der Waals surface area contributed by atoms with Crippen LogP contribution >= 0.6 is 11.6 Å². The molecule has 0 aromatic heterocycles. The van der Waals surface area contributed by atoms with Crippen molar-refractivity contribution in [3.8, 4) is 0 Å². The Labute approximate surface area is 134 Å². The van der Waals surface area contributed by atoms with Crippen LogP contribution in [0.5, 0.6) is 0 Å². The van der Waals surface area contributed by atoms with Gasteiger partial charge < -0.3 is 10.2 Å². The van der Waals surface area contributed by atoms with Gasteiger partial charge in [-0.2, -0.15) is 0 Å². The number of anilines is 1. The smallest absolute Gasteiger partial charge is 0.0474 e. The highest BCUT2D eigenvalue weighted by Gasteiger charge is 2.26. The second kappa shape index (κ2) is 6.99. The molecule has 1 heterocycles. The maximum absolute atomic E-state index is 6.50. The van der Waals surface area contributed by atoms with Crippen LogP contribution in [0.15, 0.2) is 18.2 Å². The first-order valence-corrected chi connectivity index (χ1v) is 8.31. The van der Waals surface area contributed by atoms with Crippen molar-refractivity contribution in [3.63, 3.8) is 0 Å². The van der Waals surface area contributed by atoms with Crippen LogP contribution in [-0.2, 0) is 0 Å². The molecule has 21 heavy (non-hydrogen) atoms. The second-order valence-electron chi connectivity index (χ2n) is 6.25. The van der Waals surface area contributed by atoms with E-state index in [9.17, 15) is 0 Å². The highest BCUT2D eigenvalue weighted by Crippen LogP contribution is 2.29. The molecule has 1 fully saturated rings. The van der Waals surface area contributed by atoms with E-state index in [-0.39, 0.29) is 0 Å². The fourth-order valence-electron chi connectivity index (χ4n) is 3.10. The van der Waals surface area contributed by atoms with E-state index < -0.39 is 0 Å². The standard InChI is InChI=1S/C17H28ClN3/c1-6-19-14(4)16-8-7-15(9-17(16)18)21-10-12(2)20(5)13(3)11-21/h7-9,12-14,19H,6,10-11H2,1-5H3. The zero-order valence-corrected chi connectivity index (χ0v) is 14.6. The Morgan fingerprint density at radius 2 is 1.90 bits per heavy atom. The van der Waals surface area contributed by atoms with Gasteiger partial charge in [-0.3, -0.25) is 4.90 Å². The summed E-state index contributed by atoms with van der Waals surface area (Å²) < 4.78 is 0. The Kier molecular flexibility index (Phi) is 5.53. The molecule has 0 saturated carbocycles. The minimum atomic E-state index is 0.293. The van der Waals surface area contributed by atoms with Crippen molar-refractivity contribution >= 4 is 17.3 Å². The summed E-state index contributed by atoms with van der Waals surface area (Å²) in [5.41, 5.74) is 2.41. The van der Waals surface area contributed by atoms with Gasteiger partial charge in [-0.15, -0.1) is 0 Å². The molecular weight excluding hydrogens is 282 g/mol. The normalized spacial score (nSPS) is 25.1. The lowest BCUT2D eigenvalue weighted by Crippen LogP contribution is -2.55. The summed E-state index contributed by atoms with van der Waals surface area (Å²) in [4.78, 5) is 4.89. The fraction of sp³-hybridized carbons (Fsp3) is 0.647. The molecule has 1 aliphatic rings. The Morgan fingerprint density at radius 1 is 1.29 bits per heavy atom. The number of nitrogens with zero attached hydrogens (tertiary/aromatic N) is 2. The number of piperazine rings is 1. The summed E-state index contributed by atoms with van der Waals surface area (Å²) in [6.07, 6.45) is 0. The molecule has 118 valence electrons. The number of nitrogens with one attached hydrogen (secondary N) is 1. The fourth-order valence-corrected chi connectivity index (χ4v) is 3.43. The van der Waals surface area contributed by atoms with Gasteiger partial charge in [0.15, 0.2) is 0 Å². The van der Waals surface area contributed by atoms with E-state index in [1.54, 1.807) is 0 Å². The lowest BCUT2D eigenvalue weighted by molar-refractivity contribution is 0.170. The number of hydrogen-bond acceptors (Lipinski definition) is 3. The van der Waals surface area contributed by atoms with Crippen molar-refractivity contribution in [1.82, 2.24) is 10.2 Å². The van der Waals surface area contributed by atoms with Crippen LogP contribution in [-0.4, -0.2) is 43.7 Å². The predicted molar refractivity (Wildman–Crippen MR) is 92.4 cm³/mol. The van der Waals surface area contributed by atoms with Crippen LogP contribution in [0.4, 0.5) is 5.69 Å². The molecule has 1 aromatic carbocycles. The van der Waals surface area contributed by atoms with Crippen LogP contribution < -0.4 is 10.2 Å². The number of likely N-dealkylation sites (N-methyl/N-ethyl adjacent to an activating group) is 1. The first-order chi connectivity index (χ1) is 9.93. The summed E-state index contributed by atoms with van der Waals surface area (Å²) in [5, 5.41) is 4.28. The number of rotatable bonds is 4. The van der Waals surface area contributed by atoms with E-state index in [1.807, 2.05) is 0 Å². The third-order valence-electron chi connectivity index (χ3n) is 4.69. The largest absolute Gasteiger partial charge is 0.368 e. The van der Waals surface area contributed by atoms with Gasteiger partial charge in [0.1, 0.15) is 0 Å². The molecule has 3 atom stereocenters. The average molecular weight is 310 g/mol. The van der Waals surface area contributed by atoms with Crippen molar-refractivity contribution in [2.75, 3.05) is 31.6 Å². The van der Waals surface area contributed by atoms with Crippen LogP contribution in [0.3, 0.4) is 0 Å². The summed E-state index contributed by atoms with van der Waals surface area (Å²) in [6, 6.07) is 7.91. The number of hydrogen-bond donors (Lipinski definition) is 1. The van der Waals surface area contributed by atoms with Crippen molar-refractivity contribution in [2.24, 2.45) is 0 Å². The average Bonchev–Trinajstić information content (AvgIpc) is 2.44. The van der Waals surface area contributed by atoms with E-state index in [1.165, 1.54) is 11.3 Å². The van der Waals surface area contributed by atoms with Crippen LogP contribution in [0.1, 0.15) is 39.3 Å². The molecule has 1 aliphatic heterocycles. The zero-order chi connectivity index (χ0) is 15.6. The lowest BCUT2D eigenvalue weighted by atomic mass is 10.1. The topological polar surface area (TPSA) is 18.5 Å². The molecule has 1 N–H and O–H groups in total. The number of halogens is 1. The monoisotopic (exact) mass is 309 g/mol. The zero-order valence-electron chi connectivity index (χ0n) is 13.9. The molecule has 3 nitrogen and oxygen atoms in total. The quantitative estimate of drug-likeness (QED) is 0.918. The van der Waals surface area contributed by atoms with E-state index in [0.29, 0.717) is 18.1 Å². The Morgan fingerprint density at radius 3 is 2.43 bits per heavy atom. The minimum Gasteiger partial charge on any atom is -0.368 e. The first-order valence-electron chi connectivity index (χ1n) is 7.93. The molecule has 3 unspecified atom stereocenters. The van der Waals surface area contributed by atoms with Crippen LogP contribution in [0, 0.1) is 0 Å². The third-order valence-corrected chi connectivity index (χ3v) is 5.01. The van der Waals surface area contributed by atoms with Gasteiger partial charge in [-0.1, -0.05) is 24.6 Å². The highest BCUT2D eigenvalue weighted by molar-refractivity contribution is 6.31. The van der Waals surface area contributed by atoms with Crippen molar-refractivity contribution in [3.05, 3.63) is 28.8 Å². The summed E-state index contributed by atoms with van der Waals surface area (Å²) >= 11 is 6.50. The van der Waals surface area contributed by atoms with Crippen molar-refractivity contribution in [1.29, 1.82) is 0 Å². The van der Waals surface area contributed by atoms with Gasteiger partial charge in [0.2, 0.25) is 0 Å². The van der Waals surface area contributed by atoms with E-state index in [4.69, 9.17) is 11.6 Å². The van der Waals surface area contributed by atoms with Crippen LogP contribution in [0.25, 0.3) is 0 Å². The molecule has 2 rings (SSSR count). The molecule has 0 spiro atoms. The van der Waals surface area contributed by atoms with Crippen molar-refractivity contribution in [2.45, 2.75) is 45.8 Å². The third kappa shape index (κ3) is 3.71. The van der Waals surface area contributed by atoms with Gasteiger partial charge in [0.25, 0.3) is 0 Å². The molecule has 0 aliphatic carbocycles. The summed E-state index contributed by atoms with van der Waals surface area (Å²) in [5.74, 6) is 0. The van der Waals surface area contributed by atoms with E-state index >= 15 is 0 Å². The van der Waals surface area contributed by atoms with Gasteiger partial charge in [-0.25, -0.2) is 0 Å². The molecule has 0 amide bonds. The molecule has 0 radical (unpaired) electrons. The maximum Gasteiger partial charge on any atom is 0.0474 e. The minimum absolute atomic E-state index is 0.293. The molecule has 1 aromatic rings. The SMILES string of the molecule is CCNC(C)c1ccc(N2CC(C)N(C)C(C)C2)cc1Cl. The molecule has 0 bridgehead atoms. The van der Waals surface area contributed by atoms with Gasteiger partial charge in [0.05, 0.1) is 0 Å². The molecule has 4 heteroatoms. The Balaban J connectivity index is 2.16. The van der Waals surface area contributed by atoms with E-state index in [2.05, 4.69) is 68.1 Å². The van der Waals surface area contributed by atoms with Gasteiger partial charge in [-0.05, 0) is 52.1 Å². The maximum atomic E-state index is 6.50. The second-order valence-corrected chi connectivity index (χ2v) is 6.66. The molecular formula is C17H28ClN3. The van der Waals surface area contributed by atoms with Crippen molar-refractivity contribution < 1.29 is 0 Å². The summed E-state index contributed by atoms with van der Waals surface area (Å²) in [6.45, 7) is 11.9. The molecule has 1 saturated heterocycles. The number of benzene rings is 1. The lowest BCUT2D eigenvalue weighted by Gasteiger charge is -2.43. The van der Waals surface area contributed by atoms with E-state index in [0.717, 1.165) is 24.7 Å². The Hall–Kier alpha value is -0.770. The highest BCUT2D eigenvalue weighted by atomic mass is 35.5. The van der Waals surface area contributed by atoms with Crippen LogP contribution in [0.2, 0.25) is 5.02 Å². The van der Waals surface area contributed by atoms with Gasteiger partial charge in [0, 0.05) is 41.9 Å². The summed E-state index contributed by atoms with van der Waals surface area (Å²) in [7, 11) is 2.21.